The van der Waals surface area contributed by atoms with Crippen molar-refractivity contribution >= 4 is 28.5 Å². The number of amides is 2. The lowest BCUT2D eigenvalue weighted by molar-refractivity contribution is -0.125. The Bertz CT molecular complexity index is 1130. The number of nitrogens with one attached hydrogen (secondary N) is 2. The van der Waals surface area contributed by atoms with Crippen LogP contribution in [0.1, 0.15) is 28.5 Å². The van der Waals surface area contributed by atoms with Gasteiger partial charge in [-0.3, -0.25) is 14.9 Å². The quantitative estimate of drug-likeness (QED) is 0.655. The van der Waals surface area contributed by atoms with Crippen LogP contribution in [0.5, 0.6) is 0 Å². The molecule has 2 fully saturated rings. The second kappa shape index (κ2) is 7.25. The standard InChI is InChI=1S/C23H25N5O2/c1-14-12-25-19(28-9-7-27(2)8-10-28)11-16(14)20-21(23(30)26-22(20)29)17-13-24-18-6-4-3-5-15(17)18/h3-6,11-13,20-21,24H,7-10H2,1-2H3,(H,26,29,30). The van der Waals surface area contributed by atoms with Gasteiger partial charge < -0.3 is 14.8 Å². The Hall–Kier alpha value is -3.19. The number of imide groups is 1. The molecule has 30 heavy (non-hydrogen) atoms. The van der Waals surface area contributed by atoms with E-state index in [0.717, 1.165) is 59.6 Å². The number of H-pyrrole nitrogens is 1. The number of anilines is 1. The molecule has 2 unspecified atom stereocenters. The molecular weight excluding hydrogens is 378 g/mol. The van der Waals surface area contributed by atoms with Gasteiger partial charge in [-0.15, -0.1) is 0 Å². The van der Waals surface area contributed by atoms with E-state index in [1.54, 1.807) is 0 Å². The summed E-state index contributed by atoms with van der Waals surface area (Å²) in [5, 5.41) is 3.54. The fourth-order valence-electron chi connectivity index (χ4n) is 4.64. The molecule has 0 saturated carbocycles. The van der Waals surface area contributed by atoms with Gasteiger partial charge in [-0.25, -0.2) is 4.98 Å². The van der Waals surface area contributed by atoms with Crippen molar-refractivity contribution in [2.24, 2.45) is 0 Å². The third-order valence-electron chi connectivity index (χ3n) is 6.39. The first kappa shape index (κ1) is 18.8. The van der Waals surface area contributed by atoms with Crippen LogP contribution in [0.3, 0.4) is 0 Å². The monoisotopic (exact) mass is 403 g/mol. The normalized spacial score (nSPS) is 22.7. The Morgan fingerprint density at radius 2 is 1.70 bits per heavy atom. The summed E-state index contributed by atoms with van der Waals surface area (Å²) in [6.07, 6.45) is 3.68. The minimum atomic E-state index is -0.564. The summed E-state index contributed by atoms with van der Waals surface area (Å²) in [5.74, 6) is -0.740. The molecule has 7 nitrogen and oxygen atoms in total. The number of aromatic amines is 1. The van der Waals surface area contributed by atoms with Crippen molar-refractivity contribution in [3.63, 3.8) is 0 Å². The Morgan fingerprint density at radius 1 is 1.00 bits per heavy atom. The van der Waals surface area contributed by atoms with Crippen LogP contribution in [0, 0.1) is 6.92 Å². The molecule has 2 saturated heterocycles. The number of benzene rings is 1. The maximum absolute atomic E-state index is 12.9. The highest BCUT2D eigenvalue weighted by atomic mass is 16.2. The maximum Gasteiger partial charge on any atom is 0.235 e. The van der Waals surface area contributed by atoms with Gasteiger partial charge in [0.05, 0.1) is 11.8 Å². The Kier molecular flexibility index (Phi) is 4.55. The zero-order valence-corrected chi connectivity index (χ0v) is 17.2. The van der Waals surface area contributed by atoms with Crippen molar-refractivity contribution in [3.8, 4) is 0 Å². The van der Waals surface area contributed by atoms with E-state index >= 15 is 0 Å². The van der Waals surface area contributed by atoms with E-state index in [1.165, 1.54) is 0 Å². The largest absolute Gasteiger partial charge is 0.361 e. The van der Waals surface area contributed by atoms with Crippen LogP contribution in [-0.4, -0.2) is 59.9 Å². The van der Waals surface area contributed by atoms with Gasteiger partial charge in [0.25, 0.3) is 0 Å². The van der Waals surface area contributed by atoms with E-state index in [4.69, 9.17) is 0 Å². The van der Waals surface area contributed by atoms with E-state index in [1.807, 2.05) is 49.6 Å². The number of fused-ring (bicyclic) bond motifs is 1. The molecule has 0 bridgehead atoms. The molecule has 3 aromatic rings. The zero-order chi connectivity index (χ0) is 20.8. The Labute approximate surface area is 175 Å². The Morgan fingerprint density at radius 3 is 2.47 bits per heavy atom. The molecule has 2 aliphatic rings. The number of aryl methyl sites for hydroxylation is 1. The van der Waals surface area contributed by atoms with Gasteiger partial charge in [0.15, 0.2) is 0 Å². The van der Waals surface area contributed by atoms with E-state index in [0.29, 0.717) is 0 Å². The number of pyridine rings is 1. The lowest BCUT2D eigenvalue weighted by atomic mass is 9.82. The first-order chi connectivity index (χ1) is 14.5. The van der Waals surface area contributed by atoms with Crippen LogP contribution in [0.4, 0.5) is 5.82 Å². The number of aromatic nitrogens is 2. The van der Waals surface area contributed by atoms with Gasteiger partial charge in [0, 0.05) is 49.5 Å². The molecule has 0 radical (unpaired) electrons. The number of nitrogens with zero attached hydrogens (tertiary/aromatic N) is 3. The molecule has 7 heteroatoms. The first-order valence-electron chi connectivity index (χ1n) is 10.3. The minimum absolute atomic E-state index is 0.242. The second-order valence-corrected chi connectivity index (χ2v) is 8.29. The van der Waals surface area contributed by atoms with Crippen molar-refractivity contribution in [1.82, 2.24) is 20.2 Å². The maximum atomic E-state index is 12.9. The highest BCUT2D eigenvalue weighted by Gasteiger charge is 2.45. The van der Waals surface area contributed by atoms with Gasteiger partial charge in [-0.05, 0) is 42.8 Å². The number of hydrogen-bond donors (Lipinski definition) is 2. The van der Waals surface area contributed by atoms with Gasteiger partial charge in [0.1, 0.15) is 5.82 Å². The Balaban J connectivity index is 1.57. The molecule has 0 spiro atoms. The third-order valence-corrected chi connectivity index (χ3v) is 6.39. The highest BCUT2D eigenvalue weighted by Crippen LogP contribution is 2.42. The fraction of sp³-hybridized carbons (Fsp3) is 0.348. The molecule has 154 valence electrons. The second-order valence-electron chi connectivity index (χ2n) is 8.29. The summed E-state index contributed by atoms with van der Waals surface area (Å²) >= 11 is 0. The number of para-hydroxylation sites is 1. The summed E-state index contributed by atoms with van der Waals surface area (Å²) in [6, 6.07) is 9.88. The van der Waals surface area contributed by atoms with E-state index in [-0.39, 0.29) is 11.8 Å². The lowest BCUT2D eigenvalue weighted by Gasteiger charge is -2.33. The SMILES string of the molecule is Cc1cnc(N2CCN(C)CC2)cc1C1C(=O)NC(=O)C1c1c[nH]c2ccccc12. The number of carbonyl (C=O) groups excluding carboxylic acids is 2. The van der Waals surface area contributed by atoms with Crippen molar-refractivity contribution in [2.75, 3.05) is 38.1 Å². The van der Waals surface area contributed by atoms with Crippen LogP contribution in [-0.2, 0) is 9.59 Å². The van der Waals surface area contributed by atoms with Crippen LogP contribution < -0.4 is 10.2 Å². The third kappa shape index (κ3) is 3.06. The topological polar surface area (TPSA) is 81.3 Å². The number of rotatable bonds is 3. The number of hydrogen-bond acceptors (Lipinski definition) is 5. The van der Waals surface area contributed by atoms with Crippen molar-refractivity contribution in [2.45, 2.75) is 18.8 Å². The highest BCUT2D eigenvalue weighted by molar-refractivity contribution is 6.11. The van der Waals surface area contributed by atoms with Gasteiger partial charge in [-0.2, -0.15) is 0 Å². The predicted molar refractivity (Wildman–Crippen MR) is 116 cm³/mol. The predicted octanol–water partition coefficient (Wildman–Crippen LogP) is 2.15. The van der Waals surface area contributed by atoms with Crippen LogP contribution >= 0.6 is 0 Å². The molecule has 4 heterocycles. The number of likely N-dealkylation sites (N-methyl/N-ethyl adjacent to an activating group) is 1. The van der Waals surface area contributed by atoms with Gasteiger partial charge in [0.2, 0.25) is 11.8 Å². The molecule has 2 aliphatic heterocycles. The summed E-state index contributed by atoms with van der Waals surface area (Å²) in [5.41, 5.74) is 3.62. The number of piperazine rings is 1. The van der Waals surface area contributed by atoms with Gasteiger partial charge in [-0.1, -0.05) is 18.2 Å². The molecule has 1 aromatic carbocycles. The van der Waals surface area contributed by atoms with Crippen LogP contribution in [0.25, 0.3) is 10.9 Å². The van der Waals surface area contributed by atoms with Gasteiger partial charge >= 0.3 is 0 Å². The van der Waals surface area contributed by atoms with E-state index in [2.05, 4.69) is 32.1 Å². The molecule has 0 aliphatic carbocycles. The minimum Gasteiger partial charge on any atom is -0.361 e. The zero-order valence-electron chi connectivity index (χ0n) is 17.2. The molecule has 5 rings (SSSR count). The van der Waals surface area contributed by atoms with Crippen LogP contribution in [0.2, 0.25) is 0 Å². The first-order valence-corrected chi connectivity index (χ1v) is 10.3. The molecule has 2 amide bonds. The lowest BCUT2D eigenvalue weighted by Crippen LogP contribution is -2.44. The molecule has 2 aromatic heterocycles. The van der Waals surface area contributed by atoms with E-state index < -0.39 is 11.8 Å². The summed E-state index contributed by atoms with van der Waals surface area (Å²) < 4.78 is 0. The van der Waals surface area contributed by atoms with Crippen molar-refractivity contribution < 1.29 is 9.59 Å². The summed E-state index contributed by atoms with van der Waals surface area (Å²) in [4.78, 5) is 38.2. The van der Waals surface area contributed by atoms with Crippen molar-refractivity contribution in [3.05, 3.63) is 59.4 Å². The number of carbonyl (C=O) groups is 2. The van der Waals surface area contributed by atoms with E-state index in [9.17, 15) is 9.59 Å². The molecular formula is C23H25N5O2. The average molecular weight is 403 g/mol. The van der Waals surface area contributed by atoms with Crippen molar-refractivity contribution in [1.29, 1.82) is 0 Å². The fourth-order valence-corrected chi connectivity index (χ4v) is 4.64. The smallest absolute Gasteiger partial charge is 0.235 e. The summed E-state index contributed by atoms with van der Waals surface area (Å²) in [7, 11) is 2.12. The van der Waals surface area contributed by atoms with Crippen LogP contribution in [0.15, 0.2) is 42.7 Å². The molecule has 2 atom stereocenters. The summed E-state index contributed by atoms with van der Waals surface area (Å²) in [6.45, 7) is 5.70. The average Bonchev–Trinajstić information content (AvgIpc) is 3.29. The molecule has 2 N–H and O–H groups in total.